The molecule has 0 bridgehead atoms. The molecule has 0 aliphatic carbocycles. The van der Waals surface area contributed by atoms with Crippen LogP contribution >= 0.6 is 11.8 Å². The molecule has 0 spiro atoms. The minimum atomic E-state index is -0.425. The van der Waals surface area contributed by atoms with Gasteiger partial charge < -0.3 is 15.0 Å². The summed E-state index contributed by atoms with van der Waals surface area (Å²) < 4.78 is 5.05. The van der Waals surface area contributed by atoms with Gasteiger partial charge in [0.1, 0.15) is 5.37 Å². The number of aryl methyl sites for hydroxylation is 1. The summed E-state index contributed by atoms with van der Waals surface area (Å²) in [5.74, 6) is -0.147. The predicted octanol–water partition coefficient (Wildman–Crippen LogP) is 5.20. The number of carbonyl (C=O) groups is 3. The molecule has 1 aliphatic heterocycles. The number of anilines is 1. The molecule has 3 aromatic carbocycles. The van der Waals surface area contributed by atoms with Crippen LogP contribution in [0, 0.1) is 6.92 Å². The number of esters is 1. The highest BCUT2D eigenvalue weighted by atomic mass is 32.2. The lowest BCUT2D eigenvalue weighted by Crippen LogP contribution is -2.27. The van der Waals surface area contributed by atoms with Crippen molar-refractivity contribution in [2.75, 3.05) is 17.7 Å². The van der Waals surface area contributed by atoms with Crippen LogP contribution in [-0.4, -0.2) is 35.0 Å². The van der Waals surface area contributed by atoms with Crippen LogP contribution in [0.1, 0.15) is 49.7 Å². The molecular weight excluding hydrogens is 448 g/mol. The lowest BCUT2D eigenvalue weighted by Gasteiger charge is -2.24. The highest BCUT2D eigenvalue weighted by molar-refractivity contribution is 8.00. The topological polar surface area (TPSA) is 75.7 Å². The number of benzene rings is 3. The van der Waals surface area contributed by atoms with Gasteiger partial charge in [0.25, 0.3) is 5.91 Å². The van der Waals surface area contributed by atoms with Crippen LogP contribution < -0.4 is 5.32 Å². The van der Waals surface area contributed by atoms with Crippen molar-refractivity contribution >= 4 is 35.2 Å². The van der Waals surface area contributed by atoms with Crippen molar-refractivity contribution < 1.29 is 19.1 Å². The first-order valence-corrected chi connectivity index (χ1v) is 12.1. The number of thioether (sulfide) groups is 1. The van der Waals surface area contributed by atoms with Gasteiger partial charge >= 0.3 is 5.97 Å². The van der Waals surface area contributed by atoms with E-state index in [4.69, 9.17) is 4.74 Å². The number of rotatable bonds is 7. The first-order chi connectivity index (χ1) is 16.5. The minimum absolute atomic E-state index is 0.0895. The molecule has 7 heteroatoms. The van der Waals surface area contributed by atoms with Crippen molar-refractivity contribution in [2.45, 2.75) is 25.8 Å². The van der Waals surface area contributed by atoms with Crippen LogP contribution in [0.2, 0.25) is 0 Å². The molecule has 3 aromatic rings. The number of hydrogen-bond donors (Lipinski definition) is 1. The van der Waals surface area contributed by atoms with Crippen LogP contribution in [-0.2, 0) is 16.1 Å². The molecule has 1 aliphatic rings. The molecule has 1 atom stereocenters. The molecule has 2 amide bonds. The Balaban J connectivity index is 1.47. The maximum atomic E-state index is 12.9. The van der Waals surface area contributed by atoms with Crippen LogP contribution in [0.4, 0.5) is 5.69 Å². The maximum Gasteiger partial charge on any atom is 0.338 e. The molecule has 1 heterocycles. The number of ether oxygens (including phenoxy) is 1. The first-order valence-electron chi connectivity index (χ1n) is 11.1. The molecule has 0 unspecified atom stereocenters. The van der Waals surface area contributed by atoms with Gasteiger partial charge in [-0.2, -0.15) is 0 Å². The number of nitrogens with zero attached hydrogens (tertiary/aromatic N) is 1. The zero-order valence-electron chi connectivity index (χ0n) is 19.1. The zero-order chi connectivity index (χ0) is 24.1. The summed E-state index contributed by atoms with van der Waals surface area (Å²) in [6, 6.07) is 22.3. The van der Waals surface area contributed by atoms with Gasteiger partial charge in [0.2, 0.25) is 5.91 Å². The SMILES string of the molecule is CCOC(=O)c1ccc(C)c(NC(=O)c2ccc([C@H]3SCC(=O)N3Cc3ccccc3)cc2)c1. The van der Waals surface area contributed by atoms with Crippen LogP contribution in [0.5, 0.6) is 0 Å². The quantitative estimate of drug-likeness (QED) is 0.477. The van der Waals surface area contributed by atoms with E-state index in [0.29, 0.717) is 29.1 Å². The van der Waals surface area contributed by atoms with E-state index >= 15 is 0 Å². The number of amides is 2. The third-order valence-corrected chi connectivity index (χ3v) is 6.87. The summed E-state index contributed by atoms with van der Waals surface area (Å²) in [4.78, 5) is 39.3. The fraction of sp³-hybridized carbons (Fsp3) is 0.222. The predicted molar refractivity (Wildman–Crippen MR) is 134 cm³/mol. The van der Waals surface area contributed by atoms with Gasteiger partial charge in [0.05, 0.1) is 17.9 Å². The van der Waals surface area contributed by atoms with Crippen molar-refractivity contribution in [2.24, 2.45) is 0 Å². The first kappa shape index (κ1) is 23.6. The number of hydrogen-bond acceptors (Lipinski definition) is 5. The standard InChI is InChI=1S/C27H26N2O4S/c1-3-33-27(32)22-10-9-18(2)23(15-22)28-25(31)20-11-13-21(14-12-20)26-29(24(30)17-34-26)16-19-7-5-4-6-8-19/h4-15,26H,3,16-17H2,1-2H3,(H,28,31)/t26-/m1/s1. The monoisotopic (exact) mass is 474 g/mol. The van der Waals surface area contributed by atoms with E-state index in [1.54, 1.807) is 49.0 Å². The van der Waals surface area contributed by atoms with Gasteiger partial charge in [0, 0.05) is 17.8 Å². The van der Waals surface area contributed by atoms with Crippen LogP contribution in [0.25, 0.3) is 0 Å². The Morgan fingerprint density at radius 3 is 2.44 bits per heavy atom. The molecule has 1 N–H and O–H groups in total. The molecule has 174 valence electrons. The normalized spacial score (nSPS) is 15.3. The maximum absolute atomic E-state index is 12.9. The van der Waals surface area contributed by atoms with Gasteiger partial charge in [-0.1, -0.05) is 48.5 Å². The molecule has 34 heavy (non-hydrogen) atoms. The van der Waals surface area contributed by atoms with E-state index < -0.39 is 5.97 Å². The molecule has 0 saturated carbocycles. The third kappa shape index (κ3) is 5.31. The van der Waals surface area contributed by atoms with Crippen molar-refractivity contribution in [1.82, 2.24) is 4.90 Å². The second-order valence-electron chi connectivity index (χ2n) is 8.00. The second kappa shape index (κ2) is 10.6. The van der Waals surface area contributed by atoms with E-state index in [-0.39, 0.29) is 23.8 Å². The van der Waals surface area contributed by atoms with E-state index in [2.05, 4.69) is 5.32 Å². The molecule has 6 nitrogen and oxygen atoms in total. The van der Waals surface area contributed by atoms with Gasteiger partial charge in [-0.15, -0.1) is 11.8 Å². The Bertz CT molecular complexity index is 1200. The summed E-state index contributed by atoms with van der Waals surface area (Å²) in [5.41, 5.74) is 4.35. The molecule has 0 radical (unpaired) electrons. The smallest absolute Gasteiger partial charge is 0.338 e. The number of carbonyl (C=O) groups excluding carboxylic acids is 3. The molecule has 1 saturated heterocycles. The summed E-state index contributed by atoms with van der Waals surface area (Å²) >= 11 is 1.59. The molecule has 4 rings (SSSR count). The van der Waals surface area contributed by atoms with Crippen molar-refractivity contribution in [3.05, 3.63) is 101 Å². The molecule has 0 aromatic heterocycles. The van der Waals surface area contributed by atoms with E-state index in [1.807, 2.05) is 54.3 Å². The highest BCUT2D eigenvalue weighted by Crippen LogP contribution is 2.39. The molecular formula is C27H26N2O4S. The van der Waals surface area contributed by atoms with Crippen LogP contribution in [0.3, 0.4) is 0 Å². The Hall–Kier alpha value is -3.58. The lowest BCUT2D eigenvalue weighted by atomic mass is 10.1. The largest absolute Gasteiger partial charge is 0.462 e. The fourth-order valence-electron chi connectivity index (χ4n) is 3.77. The minimum Gasteiger partial charge on any atom is -0.462 e. The fourth-order valence-corrected chi connectivity index (χ4v) is 4.96. The Morgan fingerprint density at radius 2 is 1.74 bits per heavy atom. The lowest BCUT2D eigenvalue weighted by molar-refractivity contribution is -0.128. The van der Waals surface area contributed by atoms with E-state index in [0.717, 1.165) is 16.7 Å². The highest BCUT2D eigenvalue weighted by Gasteiger charge is 2.32. The van der Waals surface area contributed by atoms with Crippen LogP contribution in [0.15, 0.2) is 72.8 Å². The summed E-state index contributed by atoms with van der Waals surface area (Å²) in [5, 5.41) is 2.80. The second-order valence-corrected chi connectivity index (χ2v) is 9.07. The third-order valence-electron chi connectivity index (χ3n) is 5.62. The number of nitrogens with one attached hydrogen (secondary N) is 1. The average Bonchev–Trinajstić information content (AvgIpc) is 3.21. The molecule has 1 fully saturated rings. The Kier molecular flexibility index (Phi) is 7.33. The van der Waals surface area contributed by atoms with Gasteiger partial charge in [-0.3, -0.25) is 9.59 Å². The van der Waals surface area contributed by atoms with Crippen molar-refractivity contribution in [3.8, 4) is 0 Å². The Morgan fingerprint density at radius 1 is 1.03 bits per heavy atom. The van der Waals surface area contributed by atoms with Gasteiger partial charge in [-0.25, -0.2) is 4.79 Å². The van der Waals surface area contributed by atoms with Gasteiger partial charge in [0.15, 0.2) is 0 Å². The average molecular weight is 475 g/mol. The van der Waals surface area contributed by atoms with E-state index in [1.165, 1.54) is 0 Å². The van der Waals surface area contributed by atoms with Crippen molar-refractivity contribution in [3.63, 3.8) is 0 Å². The summed E-state index contributed by atoms with van der Waals surface area (Å²) in [6.45, 7) is 4.45. The van der Waals surface area contributed by atoms with Crippen molar-refractivity contribution in [1.29, 1.82) is 0 Å². The summed E-state index contributed by atoms with van der Waals surface area (Å²) in [6.07, 6.45) is 0. The van der Waals surface area contributed by atoms with E-state index in [9.17, 15) is 14.4 Å². The zero-order valence-corrected chi connectivity index (χ0v) is 19.9. The summed E-state index contributed by atoms with van der Waals surface area (Å²) in [7, 11) is 0. The Labute approximate surface area is 203 Å². The van der Waals surface area contributed by atoms with Gasteiger partial charge in [-0.05, 0) is 54.8 Å².